The van der Waals surface area contributed by atoms with E-state index >= 15 is 0 Å². The zero-order valence-corrected chi connectivity index (χ0v) is 12.8. The fourth-order valence-electron chi connectivity index (χ4n) is 3.34. The molecule has 0 radical (unpaired) electrons. The summed E-state index contributed by atoms with van der Waals surface area (Å²) >= 11 is 0. The summed E-state index contributed by atoms with van der Waals surface area (Å²) in [5.41, 5.74) is 1.04. The summed E-state index contributed by atoms with van der Waals surface area (Å²) in [6.07, 6.45) is 2.90. The zero-order valence-electron chi connectivity index (χ0n) is 12.0. The number of fused-ring (bicyclic) bond motifs is 3. The Kier molecular flexibility index (Phi) is 3.60. The molecule has 0 amide bonds. The molecule has 2 saturated heterocycles. The van der Waals surface area contributed by atoms with Gasteiger partial charge in [-0.2, -0.15) is 8.42 Å². The summed E-state index contributed by atoms with van der Waals surface area (Å²) in [6, 6.07) is 7.32. The van der Waals surface area contributed by atoms with Crippen molar-refractivity contribution in [2.45, 2.75) is 43.2 Å². The second-order valence-corrected chi connectivity index (χ2v) is 7.64. The van der Waals surface area contributed by atoms with Crippen LogP contribution in [0.15, 0.2) is 29.2 Å². The van der Waals surface area contributed by atoms with Crippen molar-refractivity contribution in [3.63, 3.8) is 0 Å². The Bertz CT molecular complexity index is 582. The van der Waals surface area contributed by atoms with Crippen LogP contribution in [0.5, 0.6) is 0 Å². The number of rotatable bonds is 3. The molecular weight excluding hydrogens is 274 g/mol. The maximum absolute atomic E-state index is 12.3. The van der Waals surface area contributed by atoms with E-state index in [1.54, 1.807) is 24.3 Å². The van der Waals surface area contributed by atoms with E-state index in [1.807, 2.05) is 6.92 Å². The maximum Gasteiger partial charge on any atom is 0.297 e. The lowest BCUT2D eigenvalue weighted by atomic mass is 9.78. The lowest BCUT2D eigenvalue weighted by Crippen LogP contribution is -2.53. The van der Waals surface area contributed by atoms with E-state index in [4.69, 9.17) is 4.18 Å². The summed E-state index contributed by atoms with van der Waals surface area (Å²) in [4.78, 5) is 2.59. The van der Waals surface area contributed by atoms with Gasteiger partial charge < -0.3 is 4.90 Å². The van der Waals surface area contributed by atoms with Gasteiger partial charge in [-0.05, 0) is 51.3 Å². The third-order valence-corrected chi connectivity index (χ3v) is 5.96. The van der Waals surface area contributed by atoms with Crippen molar-refractivity contribution in [1.82, 2.24) is 4.90 Å². The largest absolute Gasteiger partial charge is 0.303 e. The van der Waals surface area contributed by atoms with Crippen molar-refractivity contribution in [1.29, 1.82) is 0 Å². The van der Waals surface area contributed by atoms with Gasteiger partial charge in [-0.25, -0.2) is 0 Å². The minimum absolute atomic E-state index is 0.156. The zero-order chi connectivity index (χ0) is 14.3. The number of hydrogen-bond acceptors (Lipinski definition) is 4. The fraction of sp³-hybridized carbons (Fsp3) is 0.600. The summed E-state index contributed by atoms with van der Waals surface area (Å²) in [5, 5.41) is 0. The molecule has 3 aliphatic rings. The molecule has 20 heavy (non-hydrogen) atoms. The first-order valence-electron chi connectivity index (χ1n) is 7.16. The maximum atomic E-state index is 12.3. The van der Waals surface area contributed by atoms with Crippen LogP contribution in [0.1, 0.15) is 24.8 Å². The van der Waals surface area contributed by atoms with E-state index in [2.05, 4.69) is 11.9 Å². The van der Waals surface area contributed by atoms with Crippen LogP contribution in [-0.4, -0.2) is 39.1 Å². The molecule has 1 saturated carbocycles. The lowest BCUT2D eigenvalue weighted by Gasteiger charge is -2.47. The molecule has 3 fully saturated rings. The van der Waals surface area contributed by atoms with Gasteiger partial charge in [0, 0.05) is 12.6 Å². The number of piperidine rings is 2. The van der Waals surface area contributed by atoms with Crippen molar-refractivity contribution in [3.8, 4) is 0 Å². The van der Waals surface area contributed by atoms with Gasteiger partial charge >= 0.3 is 0 Å². The molecule has 0 aromatic heterocycles. The second-order valence-electron chi connectivity index (χ2n) is 6.07. The summed E-state index contributed by atoms with van der Waals surface area (Å²) in [5.74, 6) is 0.338. The van der Waals surface area contributed by atoms with Crippen LogP contribution in [0.4, 0.5) is 0 Å². The predicted molar refractivity (Wildman–Crippen MR) is 77.0 cm³/mol. The highest BCUT2D eigenvalue weighted by molar-refractivity contribution is 7.86. The van der Waals surface area contributed by atoms with Crippen LogP contribution >= 0.6 is 0 Å². The third kappa shape index (κ3) is 2.62. The van der Waals surface area contributed by atoms with E-state index in [0.29, 0.717) is 12.0 Å². The Hall–Kier alpha value is -0.910. The SMILES string of the molecule is Cc1ccc(S(=O)(=O)OC2CC3CCC2CN3C)cc1. The Morgan fingerprint density at radius 1 is 1.20 bits per heavy atom. The van der Waals surface area contributed by atoms with Gasteiger partial charge in [-0.1, -0.05) is 17.7 Å². The molecule has 5 heteroatoms. The highest BCUT2D eigenvalue weighted by Crippen LogP contribution is 2.37. The van der Waals surface area contributed by atoms with E-state index < -0.39 is 10.1 Å². The summed E-state index contributed by atoms with van der Waals surface area (Å²) < 4.78 is 30.2. The van der Waals surface area contributed by atoms with Gasteiger partial charge in [-0.15, -0.1) is 0 Å². The summed E-state index contributed by atoms with van der Waals surface area (Å²) in [6.45, 7) is 2.88. The molecule has 2 aliphatic heterocycles. The second kappa shape index (κ2) is 5.13. The Morgan fingerprint density at radius 3 is 2.45 bits per heavy atom. The van der Waals surface area contributed by atoms with E-state index in [9.17, 15) is 8.42 Å². The standard InChI is InChI=1S/C15H21NO3S/c1-11-3-7-14(8-4-11)20(17,18)19-15-9-13-6-5-12(15)10-16(13)2/h3-4,7-8,12-13,15H,5-6,9-10H2,1-2H3. The molecule has 1 aromatic carbocycles. The molecule has 2 bridgehead atoms. The minimum Gasteiger partial charge on any atom is -0.303 e. The Labute approximate surface area is 120 Å². The number of aryl methyl sites for hydroxylation is 1. The third-order valence-electron chi connectivity index (χ3n) is 4.61. The smallest absolute Gasteiger partial charge is 0.297 e. The van der Waals surface area contributed by atoms with Gasteiger partial charge in [0.05, 0.1) is 11.0 Å². The van der Waals surface area contributed by atoms with Crippen molar-refractivity contribution in [2.24, 2.45) is 5.92 Å². The molecule has 110 valence electrons. The quantitative estimate of drug-likeness (QED) is 0.802. The molecule has 3 atom stereocenters. The highest BCUT2D eigenvalue weighted by Gasteiger charge is 2.41. The topological polar surface area (TPSA) is 46.6 Å². The summed E-state index contributed by atoms with van der Waals surface area (Å²) in [7, 11) is -1.52. The molecule has 0 N–H and O–H groups in total. The van der Waals surface area contributed by atoms with Gasteiger partial charge in [0.15, 0.2) is 0 Å². The number of hydrogen-bond donors (Lipinski definition) is 0. The van der Waals surface area contributed by atoms with Gasteiger partial charge in [-0.3, -0.25) is 4.18 Å². The molecule has 1 aliphatic carbocycles. The van der Waals surface area contributed by atoms with E-state index in [1.165, 1.54) is 0 Å². The average Bonchev–Trinajstić information content (AvgIpc) is 2.40. The lowest BCUT2D eigenvalue weighted by molar-refractivity contribution is -0.0216. The van der Waals surface area contributed by atoms with Crippen LogP contribution in [-0.2, 0) is 14.3 Å². The minimum atomic E-state index is -3.64. The van der Waals surface area contributed by atoms with Crippen LogP contribution in [0, 0.1) is 12.8 Å². The van der Waals surface area contributed by atoms with Gasteiger partial charge in [0.2, 0.25) is 0 Å². The number of nitrogens with zero attached hydrogens (tertiary/aromatic N) is 1. The predicted octanol–water partition coefficient (Wildman–Crippen LogP) is 2.18. The molecule has 3 unspecified atom stereocenters. The van der Waals surface area contributed by atoms with Gasteiger partial charge in [0.1, 0.15) is 0 Å². The Morgan fingerprint density at radius 2 is 1.90 bits per heavy atom. The molecule has 4 rings (SSSR count). The highest BCUT2D eigenvalue weighted by atomic mass is 32.2. The Balaban J connectivity index is 1.76. The fourth-order valence-corrected chi connectivity index (χ4v) is 4.48. The molecule has 1 aromatic rings. The average molecular weight is 295 g/mol. The van der Waals surface area contributed by atoms with Crippen molar-refractivity contribution >= 4 is 10.1 Å². The van der Waals surface area contributed by atoms with E-state index in [0.717, 1.165) is 31.4 Å². The molecular formula is C15H21NO3S. The van der Waals surface area contributed by atoms with Crippen molar-refractivity contribution in [2.75, 3.05) is 13.6 Å². The van der Waals surface area contributed by atoms with Crippen LogP contribution in [0.3, 0.4) is 0 Å². The van der Waals surface area contributed by atoms with E-state index in [-0.39, 0.29) is 11.0 Å². The molecule has 2 heterocycles. The normalized spacial score (nSPS) is 30.6. The number of benzene rings is 1. The monoisotopic (exact) mass is 295 g/mol. The molecule has 4 nitrogen and oxygen atoms in total. The first-order chi connectivity index (χ1) is 9.45. The van der Waals surface area contributed by atoms with Crippen LogP contribution in [0.2, 0.25) is 0 Å². The van der Waals surface area contributed by atoms with Crippen LogP contribution in [0.25, 0.3) is 0 Å². The first kappa shape index (κ1) is 14.0. The van der Waals surface area contributed by atoms with Crippen molar-refractivity contribution in [3.05, 3.63) is 29.8 Å². The van der Waals surface area contributed by atoms with Gasteiger partial charge in [0.25, 0.3) is 10.1 Å². The molecule has 0 spiro atoms. The first-order valence-corrected chi connectivity index (χ1v) is 8.57. The van der Waals surface area contributed by atoms with Crippen molar-refractivity contribution < 1.29 is 12.6 Å². The van der Waals surface area contributed by atoms with Crippen LogP contribution < -0.4 is 0 Å².